The highest BCUT2D eigenvalue weighted by Gasteiger charge is 2.39. The van der Waals surface area contributed by atoms with Gasteiger partial charge < -0.3 is 4.90 Å². The van der Waals surface area contributed by atoms with E-state index in [0.717, 1.165) is 50.0 Å². The highest BCUT2D eigenvalue weighted by atomic mass is 19.1. The normalized spacial score (nSPS) is 23.1. The SMILES string of the molecule is C=C(c1ccc(C(C)C(C)C)cc1)N1CCC2(CCC(=C/C(F)=C\C)/C(=C/F)C2)CC1. The van der Waals surface area contributed by atoms with Gasteiger partial charge in [0.15, 0.2) is 0 Å². The Kier molecular flexibility index (Phi) is 7.56. The van der Waals surface area contributed by atoms with Gasteiger partial charge in [-0.3, -0.25) is 0 Å². The van der Waals surface area contributed by atoms with Gasteiger partial charge in [-0.15, -0.1) is 0 Å². The Balaban J connectivity index is 1.63. The van der Waals surface area contributed by atoms with E-state index in [1.54, 1.807) is 6.92 Å². The first-order chi connectivity index (χ1) is 14.8. The van der Waals surface area contributed by atoms with Crippen molar-refractivity contribution < 1.29 is 8.78 Å². The average molecular weight is 426 g/mol. The van der Waals surface area contributed by atoms with Crippen molar-refractivity contribution in [3.8, 4) is 0 Å². The molecule has 1 aliphatic heterocycles. The van der Waals surface area contributed by atoms with Crippen molar-refractivity contribution in [1.29, 1.82) is 0 Å². The van der Waals surface area contributed by atoms with Crippen LogP contribution in [0.4, 0.5) is 8.78 Å². The monoisotopic (exact) mass is 425 g/mol. The molecule has 1 saturated heterocycles. The molecule has 3 heteroatoms. The molecule has 1 aliphatic carbocycles. The third-order valence-electron chi connectivity index (χ3n) is 7.60. The second-order valence-corrected chi connectivity index (χ2v) is 9.74. The van der Waals surface area contributed by atoms with E-state index in [1.807, 2.05) is 0 Å². The van der Waals surface area contributed by atoms with Gasteiger partial charge in [-0.1, -0.05) is 57.7 Å². The van der Waals surface area contributed by atoms with E-state index in [2.05, 4.69) is 56.5 Å². The Hall–Kier alpha value is -2.16. The number of piperidine rings is 1. The van der Waals surface area contributed by atoms with Crippen LogP contribution in [0.5, 0.6) is 0 Å². The maximum Gasteiger partial charge on any atom is 0.119 e. The number of hydrogen-bond acceptors (Lipinski definition) is 1. The van der Waals surface area contributed by atoms with Gasteiger partial charge >= 0.3 is 0 Å². The fourth-order valence-corrected chi connectivity index (χ4v) is 4.91. The Morgan fingerprint density at radius 2 is 1.71 bits per heavy atom. The maximum absolute atomic E-state index is 13.7. The molecule has 3 rings (SSSR count). The topological polar surface area (TPSA) is 3.24 Å². The predicted octanol–water partition coefficient (Wildman–Crippen LogP) is 8.34. The van der Waals surface area contributed by atoms with Crippen molar-refractivity contribution in [2.75, 3.05) is 13.1 Å². The number of hydrogen-bond donors (Lipinski definition) is 0. The summed E-state index contributed by atoms with van der Waals surface area (Å²) in [4.78, 5) is 2.37. The molecule has 1 aromatic carbocycles. The molecule has 2 aliphatic rings. The van der Waals surface area contributed by atoms with Crippen LogP contribution in [0, 0.1) is 11.3 Å². The fourth-order valence-electron chi connectivity index (χ4n) is 4.91. The molecule has 0 amide bonds. The van der Waals surface area contributed by atoms with Crippen molar-refractivity contribution in [2.45, 2.75) is 65.7 Å². The Morgan fingerprint density at radius 3 is 2.26 bits per heavy atom. The van der Waals surface area contributed by atoms with E-state index in [4.69, 9.17) is 0 Å². The minimum absolute atomic E-state index is 0.120. The second kappa shape index (κ2) is 9.97. The summed E-state index contributed by atoms with van der Waals surface area (Å²) in [6.45, 7) is 14.7. The Morgan fingerprint density at radius 1 is 1.06 bits per heavy atom. The van der Waals surface area contributed by atoms with Gasteiger partial charge in [-0.2, -0.15) is 0 Å². The van der Waals surface area contributed by atoms with E-state index in [9.17, 15) is 8.78 Å². The van der Waals surface area contributed by atoms with E-state index < -0.39 is 0 Å². The quantitative estimate of drug-likeness (QED) is 0.458. The number of likely N-dealkylation sites (tertiary alicyclic amines) is 1. The summed E-state index contributed by atoms with van der Waals surface area (Å²) in [5.74, 6) is 0.877. The van der Waals surface area contributed by atoms with Gasteiger partial charge in [0.2, 0.25) is 0 Å². The summed E-state index contributed by atoms with van der Waals surface area (Å²) in [6.07, 6.45) is 8.10. The second-order valence-electron chi connectivity index (χ2n) is 9.74. The van der Waals surface area contributed by atoms with E-state index in [0.29, 0.717) is 30.2 Å². The van der Waals surface area contributed by atoms with Crippen LogP contribution in [-0.4, -0.2) is 18.0 Å². The molecule has 1 spiro atoms. The lowest BCUT2D eigenvalue weighted by Crippen LogP contribution is -2.40. The number of rotatable bonds is 5. The van der Waals surface area contributed by atoms with Crippen LogP contribution in [-0.2, 0) is 0 Å². The Labute approximate surface area is 187 Å². The number of benzene rings is 1. The third-order valence-corrected chi connectivity index (χ3v) is 7.60. The lowest BCUT2D eigenvalue weighted by Gasteiger charge is -2.46. The van der Waals surface area contributed by atoms with Crippen LogP contribution in [0.2, 0.25) is 0 Å². The van der Waals surface area contributed by atoms with Crippen LogP contribution in [0.15, 0.2) is 66.3 Å². The summed E-state index contributed by atoms with van der Waals surface area (Å²) < 4.78 is 27.3. The van der Waals surface area contributed by atoms with E-state index >= 15 is 0 Å². The molecular weight excluding hydrogens is 388 g/mol. The summed E-state index contributed by atoms with van der Waals surface area (Å²) in [7, 11) is 0. The summed E-state index contributed by atoms with van der Waals surface area (Å²) in [5, 5.41) is 0. The molecule has 0 N–H and O–H groups in total. The highest BCUT2D eigenvalue weighted by molar-refractivity contribution is 5.62. The van der Waals surface area contributed by atoms with Crippen LogP contribution in [0.1, 0.15) is 76.8 Å². The van der Waals surface area contributed by atoms with Crippen molar-refractivity contribution in [1.82, 2.24) is 4.90 Å². The molecule has 168 valence electrons. The number of allylic oxidation sites excluding steroid dienone is 5. The first-order valence-corrected chi connectivity index (χ1v) is 11.6. The van der Waals surface area contributed by atoms with Gasteiger partial charge in [-0.05, 0) is 84.6 Å². The molecule has 31 heavy (non-hydrogen) atoms. The minimum atomic E-state index is -0.287. The zero-order valence-electron chi connectivity index (χ0n) is 19.6. The predicted molar refractivity (Wildman–Crippen MR) is 128 cm³/mol. The number of halogens is 2. The van der Waals surface area contributed by atoms with Gasteiger partial charge in [0, 0.05) is 18.8 Å². The molecule has 1 aromatic rings. The van der Waals surface area contributed by atoms with Crippen LogP contribution >= 0.6 is 0 Å². The molecule has 0 bridgehead atoms. The summed E-state index contributed by atoms with van der Waals surface area (Å²) >= 11 is 0. The smallest absolute Gasteiger partial charge is 0.119 e. The average Bonchev–Trinajstić information content (AvgIpc) is 2.79. The summed E-state index contributed by atoms with van der Waals surface area (Å²) in [5.41, 5.74) is 5.23. The molecule has 0 aromatic heterocycles. The van der Waals surface area contributed by atoms with Gasteiger partial charge in [0.05, 0.1) is 6.33 Å². The summed E-state index contributed by atoms with van der Waals surface area (Å²) in [6, 6.07) is 8.85. The van der Waals surface area contributed by atoms with Crippen LogP contribution in [0.3, 0.4) is 0 Å². The van der Waals surface area contributed by atoms with Crippen molar-refractivity contribution in [3.63, 3.8) is 0 Å². The number of nitrogens with zero attached hydrogens (tertiary/aromatic N) is 1. The molecule has 1 unspecified atom stereocenters. The molecule has 1 saturated carbocycles. The van der Waals surface area contributed by atoms with E-state index in [-0.39, 0.29) is 11.2 Å². The third kappa shape index (κ3) is 5.37. The van der Waals surface area contributed by atoms with Gasteiger partial charge in [-0.25, -0.2) is 8.78 Å². The maximum atomic E-state index is 13.7. The van der Waals surface area contributed by atoms with Crippen molar-refractivity contribution in [2.24, 2.45) is 11.3 Å². The first kappa shape index (κ1) is 23.5. The fraction of sp³-hybridized carbons (Fsp3) is 0.500. The van der Waals surface area contributed by atoms with Crippen molar-refractivity contribution >= 4 is 5.70 Å². The van der Waals surface area contributed by atoms with Crippen molar-refractivity contribution in [3.05, 3.63) is 77.4 Å². The van der Waals surface area contributed by atoms with Crippen LogP contribution in [0.25, 0.3) is 5.70 Å². The van der Waals surface area contributed by atoms with Crippen LogP contribution < -0.4 is 0 Å². The van der Waals surface area contributed by atoms with Gasteiger partial charge in [0.1, 0.15) is 5.83 Å². The highest BCUT2D eigenvalue weighted by Crippen LogP contribution is 2.49. The van der Waals surface area contributed by atoms with E-state index in [1.165, 1.54) is 23.3 Å². The molecule has 1 nitrogen and oxygen atoms in total. The van der Waals surface area contributed by atoms with Gasteiger partial charge in [0.25, 0.3) is 0 Å². The zero-order chi connectivity index (χ0) is 22.6. The lowest BCUT2D eigenvalue weighted by molar-refractivity contribution is 0.122. The largest absolute Gasteiger partial charge is 0.371 e. The first-order valence-electron chi connectivity index (χ1n) is 11.6. The lowest BCUT2D eigenvalue weighted by atomic mass is 9.65. The Bertz CT molecular complexity index is 865. The molecule has 2 fully saturated rings. The standard InChI is InChI=1S/C28H37F2N/c1-6-27(30)17-25-11-12-28(18-26(25)19-29)13-15-31(16-14-28)22(5)24-9-7-23(8-10-24)21(4)20(2)3/h6-10,17,19-21H,5,11-16,18H2,1-4H3/b25-17-,26-19+,27-6+. The minimum Gasteiger partial charge on any atom is -0.371 e. The zero-order valence-corrected chi connectivity index (χ0v) is 19.6. The molecular formula is C28H37F2N. The molecule has 0 radical (unpaired) electrons. The molecule has 1 heterocycles. The molecule has 1 atom stereocenters.